The van der Waals surface area contributed by atoms with Crippen LogP contribution in [0.2, 0.25) is 0 Å². The number of phosphoric acid groups is 1. The van der Waals surface area contributed by atoms with E-state index in [1.54, 1.807) is 0 Å². The lowest BCUT2D eigenvalue weighted by Crippen LogP contribution is -2.43. The molecule has 12 heteroatoms. The summed E-state index contributed by atoms with van der Waals surface area (Å²) in [6.07, 6.45) is 37.5. The number of unbranched alkanes of at least 4 members (excludes halogenated alkanes) is 6. The summed E-state index contributed by atoms with van der Waals surface area (Å²) in [5.74, 6) is -2.45. The van der Waals surface area contributed by atoms with Crippen LogP contribution in [-0.2, 0) is 32.7 Å². The van der Waals surface area contributed by atoms with E-state index < -0.39 is 57.6 Å². The molecule has 0 radical (unpaired) electrons. The first-order chi connectivity index (χ1) is 24.1. The van der Waals surface area contributed by atoms with Gasteiger partial charge in [-0.3, -0.25) is 18.6 Å². The van der Waals surface area contributed by atoms with Crippen LogP contribution in [0.15, 0.2) is 72.9 Å². The minimum Gasteiger partial charge on any atom is -0.480 e. The standard InChI is InChI=1S/C38H62NO10P/c1-3-5-7-8-9-10-11-12-13-14-15-16-17-18-19-20-21-22-23-24-25-26-28-29-36(41)39-35(38(43)44)33-49-50(45,46)48-32-34(40)31-47-37(42)30-27-6-4-2/h5,7,9-10,12-13,15-16,18-19,21-22,34-35,40H,3-4,6,8,11,14,17,20,23-33H2,1-2H3,(H,39,41)(H,43,44)(H,45,46)/b7-5-,10-9-,13-12-,16-15-,19-18-,22-21-. The predicted octanol–water partition coefficient (Wildman–Crippen LogP) is 8.21. The lowest BCUT2D eigenvalue weighted by Gasteiger charge is -2.18. The van der Waals surface area contributed by atoms with E-state index >= 15 is 0 Å². The van der Waals surface area contributed by atoms with E-state index in [4.69, 9.17) is 9.26 Å². The molecule has 0 heterocycles. The molecule has 0 fully saturated rings. The van der Waals surface area contributed by atoms with Crippen LogP contribution >= 0.6 is 7.82 Å². The summed E-state index contributed by atoms with van der Waals surface area (Å²) in [5, 5.41) is 21.5. The predicted molar refractivity (Wildman–Crippen MR) is 198 cm³/mol. The first-order valence-electron chi connectivity index (χ1n) is 18.0. The molecule has 0 aliphatic heterocycles. The average molecular weight is 724 g/mol. The SMILES string of the molecule is CC/C=C\C/C=C\C/C=C\C/C=C\C/C=C\C/C=C\CCCCCCC(=O)NC(COP(=O)(O)OCC(O)COC(=O)CCCCC)C(=O)O. The maximum atomic E-state index is 12.2. The van der Waals surface area contributed by atoms with Crippen molar-refractivity contribution < 1.29 is 47.8 Å². The fraction of sp³-hybridized carbons (Fsp3) is 0.605. The topological polar surface area (TPSA) is 169 Å². The van der Waals surface area contributed by atoms with Gasteiger partial charge >= 0.3 is 19.8 Å². The van der Waals surface area contributed by atoms with Crippen LogP contribution in [0.4, 0.5) is 0 Å². The summed E-state index contributed by atoms with van der Waals surface area (Å²) < 4.78 is 26.4. The highest BCUT2D eigenvalue weighted by Crippen LogP contribution is 2.43. The number of esters is 1. The number of aliphatic hydroxyl groups excluding tert-OH is 1. The second-order valence-corrected chi connectivity index (χ2v) is 13.1. The second-order valence-electron chi connectivity index (χ2n) is 11.7. The lowest BCUT2D eigenvalue weighted by molar-refractivity contribution is -0.147. The van der Waals surface area contributed by atoms with Crippen molar-refractivity contribution in [2.24, 2.45) is 0 Å². The van der Waals surface area contributed by atoms with Crippen molar-refractivity contribution in [3.63, 3.8) is 0 Å². The van der Waals surface area contributed by atoms with Gasteiger partial charge in [-0.05, 0) is 64.2 Å². The second kappa shape index (κ2) is 33.1. The van der Waals surface area contributed by atoms with Gasteiger partial charge in [-0.25, -0.2) is 9.36 Å². The molecule has 0 bridgehead atoms. The average Bonchev–Trinajstić information content (AvgIpc) is 3.08. The van der Waals surface area contributed by atoms with Crippen molar-refractivity contribution in [2.45, 2.75) is 129 Å². The Bertz CT molecular complexity index is 1130. The van der Waals surface area contributed by atoms with Crippen molar-refractivity contribution in [3.05, 3.63) is 72.9 Å². The monoisotopic (exact) mass is 723 g/mol. The van der Waals surface area contributed by atoms with E-state index in [1.165, 1.54) is 0 Å². The maximum Gasteiger partial charge on any atom is 0.472 e. The van der Waals surface area contributed by atoms with Crippen LogP contribution in [0.1, 0.15) is 117 Å². The van der Waals surface area contributed by atoms with Gasteiger partial charge in [0.25, 0.3) is 0 Å². The van der Waals surface area contributed by atoms with Crippen molar-refractivity contribution >= 4 is 25.7 Å². The number of hydrogen-bond donors (Lipinski definition) is 4. The molecule has 3 unspecified atom stereocenters. The van der Waals surface area contributed by atoms with Gasteiger partial charge in [0.1, 0.15) is 12.7 Å². The van der Waals surface area contributed by atoms with Gasteiger partial charge in [0.15, 0.2) is 6.04 Å². The van der Waals surface area contributed by atoms with Crippen LogP contribution in [0.25, 0.3) is 0 Å². The number of nitrogens with one attached hydrogen (secondary N) is 1. The summed E-state index contributed by atoms with van der Waals surface area (Å²) in [6.45, 7) is 2.20. The number of ether oxygens (including phenoxy) is 1. The normalized spacial score (nSPS) is 14.8. The molecule has 0 aliphatic carbocycles. The molecule has 0 saturated heterocycles. The summed E-state index contributed by atoms with van der Waals surface area (Å²) in [4.78, 5) is 45.2. The zero-order chi connectivity index (χ0) is 37.1. The number of allylic oxidation sites excluding steroid dienone is 12. The molecule has 0 aromatic carbocycles. The highest BCUT2D eigenvalue weighted by molar-refractivity contribution is 7.47. The summed E-state index contributed by atoms with van der Waals surface area (Å²) >= 11 is 0. The van der Waals surface area contributed by atoms with Crippen molar-refractivity contribution in [3.8, 4) is 0 Å². The zero-order valence-electron chi connectivity index (χ0n) is 30.2. The third kappa shape index (κ3) is 32.1. The Kier molecular flexibility index (Phi) is 31.0. The molecule has 0 saturated carbocycles. The van der Waals surface area contributed by atoms with E-state index in [1.807, 2.05) is 6.92 Å². The van der Waals surface area contributed by atoms with Crippen LogP contribution in [-0.4, -0.2) is 64.9 Å². The minimum absolute atomic E-state index is 0.111. The molecule has 0 spiro atoms. The number of aliphatic carboxylic acids is 1. The number of aliphatic hydroxyl groups is 1. The summed E-state index contributed by atoms with van der Waals surface area (Å²) in [7, 11) is -4.74. The van der Waals surface area contributed by atoms with Crippen molar-refractivity contribution in [1.82, 2.24) is 5.32 Å². The Morgan fingerprint density at radius 2 is 1.16 bits per heavy atom. The summed E-state index contributed by atoms with van der Waals surface area (Å²) in [6, 6.07) is -1.56. The van der Waals surface area contributed by atoms with Crippen molar-refractivity contribution in [2.75, 3.05) is 19.8 Å². The maximum absolute atomic E-state index is 12.2. The number of carbonyl (C=O) groups is 3. The Hall–Kier alpha value is -3.08. The van der Waals surface area contributed by atoms with Crippen LogP contribution in [0, 0.1) is 0 Å². The lowest BCUT2D eigenvalue weighted by atomic mass is 10.1. The van der Waals surface area contributed by atoms with Crippen molar-refractivity contribution in [1.29, 1.82) is 0 Å². The molecule has 3 atom stereocenters. The first kappa shape index (κ1) is 46.9. The molecule has 0 rings (SSSR count). The zero-order valence-corrected chi connectivity index (χ0v) is 31.1. The number of carboxylic acid groups (broad SMARTS) is 1. The smallest absolute Gasteiger partial charge is 0.472 e. The number of amides is 1. The first-order valence-corrected chi connectivity index (χ1v) is 19.5. The van der Waals surface area contributed by atoms with Gasteiger partial charge in [0, 0.05) is 12.8 Å². The Morgan fingerprint density at radius 3 is 1.70 bits per heavy atom. The number of carboxylic acids is 1. The molecular formula is C38H62NO10P. The molecule has 0 aromatic rings. The quantitative estimate of drug-likeness (QED) is 0.0230. The van der Waals surface area contributed by atoms with Crippen LogP contribution in [0.3, 0.4) is 0 Å². The summed E-state index contributed by atoms with van der Waals surface area (Å²) in [5.41, 5.74) is 0. The van der Waals surface area contributed by atoms with Gasteiger partial charge in [-0.1, -0.05) is 112 Å². The van der Waals surface area contributed by atoms with Gasteiger partial charge in [-0.2, -0.15) is 0 Å². The van der Waals surface area contributed by atoms with E-state index in [2.05, 4.69) is 89.7 Å². The van der Waals surface area contributed by atoms with Crippen LogP contribution in [0.5, 0.6) is 0 Å². The molecule has 0 aliphatic rings. The van der Waals surface area contributed by atoms with Gasteiger partial charge in [-0.15, -0.1) is 0 Å². The molecule has 4 N–H and O–H groups in total. The highest BCUT2D eigenvalue weighted by Gasteiger charge is 2.28. The van der Waals surface area contributed by atoms with E-state index in [-0.39, 0.29) is 12.8 Å². The number of hydrogen-bond acceptors (Lipinski definition) is 8. The van der Waals surface area contributed by atoms with E-state index in [9.17, 15) is 34.1 Å². The van der Waals surface area contributed by atoms with E-state index in [0.717, 1.165) is 77.0 Å². The fourth-order valence-corrected chi connectivity index (χ4v) is 4.97. The van der Waals surface area contributed by atoms with Gasteiger partial charge in [0.05, 0.1) is 13.2 Å². The Morgan fingerprint density at radius 1 is 0.660 bits per heavy atom. The van der Waals surface area contributed by atoms with Gasteiger partial charge in [0.2, 0.25) is 5.91 Å². The largest absolute Gasteiger partial charge is 0.480 e. The Labute approximate surface area is 299 Å². The molecule has 11 nitrogen and oxygen atoms in total. The molecule has 284 valence electrons. The van der Waals surface area contributed by atoms with Gasteiger partial charge < -0.3 is 25.2 Å². The third-order valence-corrected chi connectivity index (χ3v) is 7.96. The number of rotatable bonds is 32. The Balaban J connectivity index is 4.00. The fourth-order valence-electron chi connectivity index (χ4n) is 4.20. The number of phosphoric ester groups is 1. The molecule has 50 heavy (non-hydrogen) atoms. The third-order valence-electron chi connectivity index (χ3n) is 7.01. The number of carbonyl (C=O) groups excluding carboxylic acids is 2. The molecule has 1 amide bonds. The minimum atomic E-state index is -4.74. The van der Waals surface area contributed by atoms with E-state index in [0.29, 0.717) is 12.8 Å². The molecular weight excluding hydrogens is 661 g/mol. The molecule has 0 aromatic heterocycles. The highest BCUT2D eigenvalue weighted by atomic mass is 31.2. The van der Waals surface area contributed by atoms with Crippen LogP contribution < -0.4 is 5.32 Å².